The SMILES string of the molecule is O=c1ccc(-n2cccn2)nn1CC1CCN(CC2CCCC2)CC1. The van der Waals surface area contributed by atoms with Crippen LogP contribution in [0.1, 0.15) is 38.5 Å². The normalized spacial score (nSPS) is 20.3. The quantitative estimate of drug-likeness (QED) is 0.837. The van der Waals surface area contributed by atoms with Gasteiger partial charge in [0.05, 0.1) is 0 Å². The van der Waals surface area contributed by atoms with Crippen molar-refractivity contribution in [1.82, 2.24) is 24.5 Å². The molecule has 0 radical (unpaired) electrons. The summed E-state index contributed by atoms with van der Waals surface area (Å²) >= 11 is 0. The molecule has 0 spiro atoms. The van der Waals surface area contributed by atoms with Gasteiger partial charge >= 0.3 is 0 Å². The average molecular weight is 341 g/mol. The number of aromatic nitrogens is 4. The van der Waals surface area contributed by atoms with Crippen molar-refractivity contribution in [2.24, 2.45) is 11.8 Å². The molecule has 6 heteroatoms. The minimum absolute atomic E-state index is 0.0238. The maximum atomic E-state index is 12.2. The van der Waals surface area contributed by atoms with E-state index in [4.69, 9.17) is 0 Å². The van der Waals surface area contributed by atoms with Crippen LogP contribution in [0, 0.1) is 11.8 Å². The first-order chi connectivity index (χ1) is 12.3. The van der Waals surface area contributed by atoms with E-state index in [0.717, 1.165) is 31.8 Å². The lowest BCUT2D eigenvalue weighted by atomic mass is 9.95. The predicted molar refractivity (Wildman–Crippen MR) is 96.7 cm³/mol. The van der Waals surface area contributed by atoms with Crippen LogP contribution < -0.4 is 5.56 Å². The van der Waals surface area contributed by atoms with Gasteiger partial charge < -0.3 is 4.90 Å². The maximum Gasteiger partial charge on any atom is 0.266 e. The Morgan fingerprint density at radius 1 is 1.00 bits per heavy atom. The smallest absolute Gasteiger partial charge is 0.266 e. The van der Waals surface area contributed by atoms with Crippen molar-refractivity contribution in [1.29, 1.82) is 0 Å². The van der Waals surface area contributed by atoms with Gasteiger partial charge in [-0.05, 0) is 62.7 Å². The zero-order chi connectivity index (χ0) is 17.1. The van der Waals surface area contributed by atoms with Crippen LogP contribution in [0.2, 0.25) is 0 Å². The highest BCUT2D eigenvalue weighted by molar-refractivity contribution is 5.17. The second kappa shape index (κ2) is 7.52. The molecule has 2 fully saturated rings. The molecular weight excluding hydrogens is 314 g/mol. The molecule has 0 amide bonds. The molecule has 2 aliphatic rings. The third kappa shape index (κ3) is 4.00. The summed E-state index contributed by atoms with van der Waals surface area (Å²) in [5, 5.41) is 8.70. The zero-order valence-corrected chi connectivity index (χ0v) is 14.8. The highest BCUT2D eigenvalue weighted by Gasteiger charge is 2.24. The number of nitrogens with zero attached hydrogens (tertiary/aromatic N) is 5. The van der Waals surface area contributed by atoms with Gasteiger partial charge in [-0.15, -0.1) is 5.10 Å². The highest BCUT2D eigenvalue weighted by atomic mass is 16.1. The van der Waals surface area contributed by atoms with E-state index in [1.54, 1.807) is 27.7 Å². The molecule has 0 N–H and O–H groups in total. The topological polar surface area (TPSA) is 56.0 Å². The first-order valence-corrected chi connectivity index (χ1v) is 9.58. The third-order valence-corrected chi connectivity index (χ3v) is 5.72. The largest absolute Gasteiger partial charge is 0.303 e. The Kier molecular flexibility index (Phi) is 4.97. The van der Waals surface area contributed by atoms with E-state index in [1.807, 2.05) is 12.3 Å². The fourth-order valence-electron chi connectivity index (χ4n) is 4.25. The molecule has 4 rings (SSSR count). The molecule has 134 valence electrons. The minimum Gasteiger partial charge on any atom is -0.303 e. The average Bonchev–Trinajstić information content (AvgIpc) is 3.32. The number of piperidine rings is 1. The molecule has 25 heavy (non-hydrogen) atoms. The Balaban J connectivity index is 1.35. The second-order valence-electron chi connectivity index (χ2n) is 7.56. The molecule has 1 saturated carbocycles. The van der Waals surface area contributed by atoms with Gasteiger partial charge in [-0.1, -0.05) is 12.8 Å². The van der Waals surface area contributed by atoms with Crippen LogP contribution in [0.4, 0.5) is 0 Å². The van der Waals surface area contributed by atoms with Gasteiger partial charge in [-0.2, -0.15) is 5.10 Å². The standard InChI is InChI=1S/C19H27N5O/c25-19-7-6-18(23-11-3-10-20-23)21-24(19)15-17-8-12-22(13-9-17)14-16-4-1-2-5-16/h3,6-7,10-11,16-17H,1-2,4-5,8-9,12-15H2. The molecule has 1 aliphatic heterocycles. The summed E-state index contributed by atoms with van der Waals surface area (Å²) in [6.07, 6.45) is 11.6. The summed E-state index contributed by atoms with van der Waals surface area (Å²) in [5.41, 5.74) is -0.0238. The van der Waals surface area contributed by atoms with E-state index in [1.165, 1.54) is 32.2 Å². The van der Waals surface area contributed by atoms with Gasteiger partial charge in [-0.25, -0.2) is 9.36 Å². The summed E-state index contributed by atoms with van der Waals surface area (Å²) in [5.74, 6) is 2.16. The summed E-state index contributed by atoms with van der Waals surface area (Å²) in [6, 6.07) is 5.19. The van der Waals surface area contributed by atoms with Gasteiger partial charge in [0.1, 0.15) is 0 Å². The monoisotopic (exact) mass is 341 g/mol. The lowest BCUT2D eigenvalue weighted by Crippen LogP contribution is -2.39. The molecule has 6 nitrogen and oxygen atoms in total. The first-order valence-electron chi connectivity index (χ1n) is 9.58. The van der Waals surface area contributed by atoms with Crippen LogP contribution >= 0.6 is 0 Å². The van der Waals surface area contributed by atoms with E-state index in [9.17, 15) is 4.79 Å². The van der Waals surface area contributed by atoms with Gasteiger partial charge in [-0.3, -0.25) is 4.79 Å². The number of likely N-dealkylation sites (tertiary alicyclic amines) is 1. The Morgan fingerprint density at radius 3 is 2.48 bits per heavy atom. The Bertz CT molecular complexity index is 725. The third-order valence-electron chi connectivity index (χ3n) is 5.72. The van der Waals surface area contributed by atoms with Crippen molar-refractivity contribution < 1.29 is 0 Å². The first kappa shape index (κ1) is 16.5. The lowest BCUT2D eigenvalue weighted by molar-refractivity contribution is 0.150. The van der Waals surface area contributed by atoms with E-state index in [2.05, 4.69) is 15.1 Å². The van der Waals surface area contributed by atoms with Gasteiger partial charge in [0.15, 0.2) is 5.82 Å². The number of hydrogen-bond donors (Lipinski definition) is 0. The molecule has 0 atom stereocenters. The van der Waals surface area contributed by atoms with Crippen LogP contribution in [0.25, 0.3) is 5.82 Å². The Labute approximate surface area is 148 Å². The molecule has 1 aliphatic carbocycles. The Morgan fingerprint density at radius 2 is 1.76 bits per heavy atom. The predicted octanol–water partition coefficient (Wildman–Crippen LogP) is 2.33. The van der Waals surface area contributed by atoms with Crippen LogP contribution in [-0.2, 0) is 6.54 Å². The lowest BCUT2D eigenvalue weighted by Gasteiger charge is -2.33. The van der Waals surface area contributed by atoms with Crippen LogP contribution in [0.3, 0.4) is 0 Å². The van der Waals surface area contributed by atoms with E-state index >= 15 is 0 Å². The van der Waals surface area contributed by atoms with Crippen molar-refractivity contribution in [3.63, 3.8) is 0 Å². The van der Waals surface area contributed by atoms with E-state index in [0.29, 0.717) is 18.3 Å². The highest BCUT2D eigenvalue weighted by Crippen LogP contribution is 2.27. The molecule has 0 bridgehead atoms. The molecule has 2 aromatic rings. The molecular formula is C19H27N5O. The molecule has 1 saturated heterocycles. The second-order valence-corrected chi connectivity index (χ2v) is 7.56. The summed E-state index contributed by atoms with van der Waals surface area (Å²) in [6.45, 7) is 4.31. The minimum atomic E-state index is -0.0238. The summed E-state index contributed by atoms with van der Waals surface area (Å²) < 4.78 is 3.31. The summed E-state index contributed by atoms with van der Waals surface area (Å²) in [4.78, 5) is 14.8. The fourth-order valence-corrected chi connectivity index (χ4v) is 4.25. The van der Waals surface area contributed by atoms with Crippen molar-refractivity contribution in [2.45, 2.75) is 45.1 Å². The number of rotatable bonds is 5. The van der Waals surface area contributed by atoms with E-state index in [-0.39, 0.29) is 5.56 Å². The van der Waals surface area contributed by atoms with Gasteiger partial charge in [0.2, 0.25) is 0 Å². The van der Waals surface area contributed by atoms with Crippen LogP contribution in [0.15, 0.2) is 35.4 Å². The van der Waals surface area contributed by atoms with Gasteiger partial charge in [0, 0.05) is 31.5 Å². The molecule has 3 heterocycles. The van der Waals surface area contributed by atoms with Gasteiger partial charge in [0.25, 0.3) is 5.56 Å². The van der Waals surface area contributed by atoms with Crippen LogP contribution in [0.5, 0.6) is 0 Å². The van der Waals surface area contributed by atoms with Crippen molar-refractivity contribution >= 4 is 0 Å². The Hall–Kier alpha value is -1.95. The molecule has 0 aromatic carbocycles. The van der Waals surface area contributed by atoms with Crippen LogP contribution in [-0.4, -0.2) is 44.1 Å². The number of hydrogen-bond acceptors (Lipinski definition) is 4. The summed E-state index contributed by atoms with van der Waals surface area (Å²) in [7, 11) is 0. The molecule has 0 unspecified atom stereocenters. The van der Waals surface area contributed by atoms with E-state index < -0.39 is 0 Å². The zero-order valence-electron chi connectivity index (χ0n) is 14.8. The maximum absolute atomic E-state index is 12.2. The molecule has 2 aromatic heterocycles. The van der Waals surface area contributed by atoms with Crippen molar-refractivity contribution in [3.05, 3.63) is 40.9 Å². The fraction of sp³-hybridized carbons (Fsp3) is 0.632. The van der Waals surface area contributed by atoms with Crippen molar-refractivity contribution in [2.75, 3.05) is 19.6 Å². The van der Waals surface area contributed by atoms with Crippen molar-refractivity contribution in [3.8, 4) is 5.82 Å².